The van der Waals surface area contributed by atoms with Gasteiger partial charge in [0.1, 0.15) is 0 Å². The van der Waals surface area contributed by atoms with E-state index in [2.05, 4.69) is 6.92 Å². The fourth-order valence-corrected chi connectivity index (χ4v) is 1.82. The first-order chi connectivity index (χ1) is 7.72. The van der Waals surface area contributed by atoms with E-state index in [0.717, 1.165) is 19.3 Å². The third kappa shape index (κ3) is 12.6. The molecule has 0 aromatic rings. The third-order valence-electron chi connectivity index (χ3n) is 2.93. The number of unbranched alkanes of at least 4 members (excludes halogenated alkanes) is 5. The van der Waals surface area contributed by atoms with Gasteiger partial charge in [-0.3, -0.25) is 4.79 Å². The van der Waals surface area contributed by atoms with Crippen molar-refractivity contribution in [2.45, 2.75) is 58.3 Å². The second-order valence-electron chi connectivity index (χ2n) is 4.37. The van der Waals surface area contributed by atoms with Crippen LogP contribution >= 0.6 is 0 Å². The van der Waals surface area contributed by atoms with Crippen LogP contribution < -0.4 is 0 Å². The molecule has 0 saturated carbocycles. The molecule has 4 heteroatoms. The second kappa shape index (κ2) is 14.4. The smallest absolute Gasteiger partial charge is 0.306 e. The topological polar surface area (TPSA) is 46.5 Å². The van der Waals surface area contributed by atoms with Crippen molar-refractivity contribution in [3.63, 3.8) is 0 Å². The number of hydrogen-bond acceptors (Lipinski definition) is 2. The summed E-state index contributed by atoms with van der Waals surface area (Å²) in [7, 11) is 1.61. The van der Waals surface area contributed by atoms with E-state index in [1.807, 2.05) is 0 Å². The number of rotatable bonds is 11. The van der Waals surface area contributed by atoms with E-state index in [-0.39, 0.29) is 33.6 Å². The maximum atomic E-state index is 10.9. The Morgan fingerprint density at radius 2 is 1.71 bits per heavy atom. The molecule has 0 radical (unpaired) electrons. The zero-order valence-corrected chi connectivity index (χ0v) is 16.9. The number of carboxylic acids is 1. The van der Waals surface area contributed by atoms with Crippen LogP contribution in [0.4, 0.5) is 0 Å². The molecule has 1 atom stereocenters. The van der Waals surface area contributed by atoms with Crippen LogP contribution in [0.25, 0.3) is 0 Å². The zero-order valence-electron chi connectivity index (χ0n) is 11.4. The quantitative estimate of drug-likeness (QED) is 0.403. The van der Waals surface area contributed by atoms with Gasteiger partial charge in [-0.15, -0.1) is 0 Å². The minimum atomic E-state index is -0.675. The standard InChI is InChI=1S/C13H26O3.Hg/c1-3-4-5-6-7-8-9-12(13(14)15)10-11-16-2;/h12H,3-11H2,1-2H3,(H,14,15);. The normalized spacial score (nSPS) is 11.9. The fraction of sp³-hybridized carbons (Fsp3) is 0.923. The molecule has 0 aliphatic heterocycles. The Morgan fingerprint density at radius 1 is 1.12 bits per heavy atom. The summed E-state index contributed by atoms with van der Waals surface area (Å²) in [6, 6.07) is 0. The van der Waals surface area contributed by atoms with Gasteiger partial charge < -0.3 is 9.84 Å². The van der Waals surface area contributed by atoms with Crippen LogP contribution in [0.15, 0.2) is 0 Å². The number of ether oxygens (including phenoxy) is 1. The molecule has 1 unspecified atom stereocenters. The molecular weight excluding hydrogens is 405 g/mol. The molecule has 0 bridgehead atoms. The summed E-state index contributed by atoms with van der Waals surface area (Å²) in [5.41, 5.74) is 0. The molecule has 0 aromatic carbocycles. The molecular formula is C13H26HgO3. The summed E-state index contributed by atoms with van der Waals surface area (Å²) in [6.45, 7) is 2.75. The summed E-state index contributed by atoms with van der Waals surface area (Å²) >= 11 is 0. The Labute approximate surface area is 126 Å². The first-order valence-corrected chi connectivity index (χ1v) is 6.44. The average molecular weight is 431 g/mol. The molecule has 0 aliphatic carbocycles. The van der Waals surface area contributed by atoms with Crippen molar-refractivity contribution in [2.75, 3.05) is 13.7 Å². The van der Waals surface area contributed by atoms with Crippen molar-refractivity contribution in [2.24, 2.45) is 5.92 Å². The number of methoxy groups -OCH3 is 1. The van der Waals surface area contributed by atoms with E-state index < -0.39 is 5.97 Å². The second-order valence-corrected chi connectivity index (χ2v) is 4.37. The maximum Gasteiger partial charge on any atom is 0.306 e. The number of carbonyl (C=O) groups is 1. The number of hydrogen-bond donors (Lipinski definition) is 1. The molecule has 98 valence electrons. The van der Waals surface area contributed by atoms with Gasteiger partial charge in [-0.1, -0.05) is 45.4 Å². The number of carboxylic acid groups (broad SMARTS) is 1. The molecule has 0 aromatic heterocycles. The molecule has 0 spiro atoms. The van der Waals surface area contributed by atoms with Gasteiger partial charge in [0.15, 0.2) is 0 Å². The van der Waals surface area contributed by atoms with Crippen molar-refractivity contribution < 1.29 is 42.3 Å². The van der Waals surface area contributed by atoms with E-state index in [1.165, 1.54) is 25.7 Å². The molecule has 0 rings (SSSR count). The van der Waals surface area contributed by atoms with Gasteiger partial charge in [0.05, 0.1) is 5.92 Å². The number of aliphatic carboxylic acids is 1. The van der Waals surface area contributed by atoms with E-state index >= 15 is 0 Å². The van der Waals surface area contributed by atoms with Crippen LogP contribution in [0.5, 0.6) is 0 Å². The van der Waals surface area contributed by atoms with Gasteiger partial charge in [0.2, 0.25) is 0 Å². The van der Waals surface area contributed by atoms with Crippen molar-refractivity contribution in [3.05, 3.63) is 0 Å². The molecule has 0 saturated heterocycles. The summed E-state index contributed by atoms with van der Waals surface area (Å²) < 4.78 is 4.92. The fourth-order valence-electron chi connectivity index (χ4n) is 1.82. The zero-order chi connectivity index (χ0) is 12.2. The van der Waals surface area contributed by atoms with Crippen LogP contribution in [-0.4, -0.2) is 24.8 Å². The summed E-state index contributed by atoms with van der Waals surface area (Å²) in [6.07, 6.45) is 8.71. The first-order valence-electron chi connectivity index (χ1n) is 6.44. The Kier molecular flexibility index (Phi) is 16.7. The molecule has 17 heavy (non-hydrogen) atoms. The van der Waals surface area contributed by atoms with Gasteiger partial charge in [0, 0.05) is 41.4 Å². The van der Waals surface area contributed by atoms with Crippen LogP contribution in [0.1, 0.15) is 58.3 Å². The Morgan fingerprint density at radius 3 is 2.24 bits per heavy atom. The Hall–Kier alpha value is 0.365. The van der Waals surface area contributed by atoms with Crippen LogP contribution in [0.3, 0.4) is 0 Å². The van der Waals surface area contributed by atoms with Crippen LogP contribution in [0.2, 0.25) is 0 Å². The Balaban J connectivity index is 0. The Bertz CT molecular complexity index is 174. The molecule has 0 aliphatic rings. The molecule has 3 nitrogen and oxygen atoms in total. The van der Waals surface area contributed by atoms with Crippen molar-refractivity contribution in [1.29, 1.82) is 0 Å². The summed E-state index contributed by atoms with van der Waals surface area (Å²) in [5.74, 6) is -0.892. The van der Waals surface area contributed by atoms with Gasteiger partial charge >= 0.3 is 5.97 Å². The average Bonchev–Trinajstić information content (AvgIpc) is 2.26. The largest absolute Gasteiger partial charge is 0.481 e. The minimum absolute atomic E-state index is 0. The van der Waals surface area contributed by atoms with Gasteiger partial charge in [0.25, 0.3) is 0 Å². The molecule has 0 fully saturated rings. The molecule has 1 N–H and O–H groups in total. The van der Waals surface area contributed by atoms with Crippen molar-refractivity contribution in [1.82, 2.24) is 0 Å². The first kappa shape index (κ1) is 19.7. The van der Waals surface area contributed by atoms with Crippen LogP contribution in [0, 0.1) is 5.92 Å². The van der Waals surface area contributed by atoms with Gasteiger partial charge in [-0.25, -0.2) is 0 Å². The van der Waals surface area contributed by atoms with Crippen LogP contribution in [-0.2, 0) is 37.2 Å². The van der Waals surface area contributed by atoms with E-state index in [0.29, 0.717) is 13.0 Å². The van der Waals surface area contributed by atoms with Gasteiger partial charge in [-0.05, 0) is 12.8 Å². The summed E-state index contributed by atoms with van der Waals surface area (Å²) in [4.78, 5) is 10.9. The van der Waals surface area contributed by atoms with E-state index in [9.17, 15) is 4.79 Å². The predicted octanol–water partition coefficient (Wildman–Crippen LogP) is 3.47. The van der Waals surface area contributed by atoms with Crippen molar-refractivity contribution >= 4 is 5.97 Å². The monoisotopic (exact) mass is 432 g/mol. The maximum absolute atomic E-state index is 10.9. The molecule has 0 amide bonds. The minimum Gasteiger partial charge on any atom is -0.481 e. The van der Waals surface area contributed by atoms with Gasteiger partial charge in [-0.2, -0.15) is 0 Å². The van der Waals surface area contributed by atoms with Crippen molar-refractivity contribution in [3.8, 4) is 0 Å². The summed E-state index contributed by atoms with van der Waals surface area (Å²) in [5, 5.41) is 8.99. The SMILES string of the molecule is CCCCCCCCC(CCOC)C(=O)O.[Hg]. The third-order valence-corrected chi connectivity index (χ3v) is 2.93. The van der Waals surface area contributed by atoms with E-state index in [4.69, 9.17) is 9.84 Å². The molecule has 0 heterocycles. The predicted molar refractivity (Wildman–Crippen MR) is 65.6 cm³/mol. The van der Waals surface area contributed by atoms with E-state index in [1.54, 1.807) is 7.11 Å².